The minimum absolute atomic E-state index is 0.0108. The minimum atomic E-state index is -0.529. The number of rotatable bonds is 7. The Kier molecular flexibility index (Phi) is 6.85. The highest BCUT2D eigenvalue weighted by Crippen LogP contribution is 2.23. The number of para-hydroxylation sites is 1. The Bertz CT molecular complexity index is 811. The molecule has 0 radical (unpaired) electrons. The summed E-state index contributed by atoms with van der Waals surface area (Å²) in [6.45, 7) is 8.22. The van der Waals surface area contributed by atoms with Gasteiger partial charge in [0.1, 0.15) is 5.75 Å². The number of benzene rings is 1. The van der Waals surface area contributed by atoms with Gasteiger partial charge in [0, 0.05) is 26.2 Å². The fourth-order valence-corrected chi connectivity index (χ4v) is 3.59. The molecule has 1 aromatic carbocycles. The second kappa shape index (κ2) is 9.54. The predicted octanol–water partition coefficient (Wildman–Crippen LogP) is 2.39. The number of aromatic nitrogens is 3. The number of amides is 2. The number of carbonyl (C=O) groups is 2. The molecular weight excluding hydrogens is 370 g/mol. The SMILES string of the molecule is CCN(CC)C(=O)c1cn(C2CCN(C(=O)C(C)Oc3ccccc3)CC2)nn1. The van der Waals surface area contributed by atoms with Crippen molar-refractivity contribution in [1.29, 1.82) is 0 Å². The molecule has 3 rings (SSSR count). The molecule has 8 nitrogen and oxygen atoms in total. The van der Waals surface area contributed by atoms with Gasteiger partial charge in [0.25, 0.3) is 11.8 Å². The van der Waals surface area contributed by atoms with E-state index in [4.69, 9.17) is 4.74 Å². The topological polar surface area (TPSA) is 80.6 Å². The van der Waals surface area contributed by atoms with E-state index in [0.29, 0.717) is 37.6 Å². The lowest BCUT2D eigenvalue weighted by Gasteiger charge is -2.33. The fourth-order valence-electron chi connectivity index (χ4n) is 3.59. The van der Waals surface area contributed by atoms with E-state index in [1.54, 1.807) is 22.7 Å². The third-order valence-corrected chi connectivity index (χ3v) is 5.33. The van der Waals surface area contributed by atoms with Crippen LogP contribution in [0.3, 0.4) is 0 Å². The van der Waals surface area contributed by atoms with Crippen LogP contribution in [0.25, 0.3) is 0 Å². The molecule has 2 heterocycles. The van der Waals surface area contributed by atoms with E-state index in [2.05, 4.69) is 10.3 Å². The third kappa shape index (κ3) is 4.93. The second-order valence-electron chi connectivity index (χ2n) is 7.19. The zero-order chi connectivity index (χ0) is 20.8. The number of nitrogens with zero attached hydrogens (tertiary/aromatic N) is 5. The maximum absolute atomic E-state index is 12.7. The van der Waals surface area contributed by atoms with Crippen LogP contribution in [-0.4, -0.2) is 68.9 Å². The van der Waals surface area contributed by atoms with E-state index in [1.807, 2.05) is 49.1 Å². The first-order valence-corrected chi connectivity index (χ1v) is 10.2. The van der Waals surface area contributed by atoms with E-state index in [9.17, 15) is 9.59 Å². The third-order valence-electron chi connectivity index (χ3n) is 5.33. The first-order valence-electron chi connectivity index (χ1n) is 10.2. The average molecular weight is 399 g/mol. The molecule has 29 heavy (non-hydrogen) atoms. The zero-order valence-corrected chi connectivity index (χ0v) is 17.3. The van der Waals surface area contributed by atoms with Crippen molar-refractivity contribution in [3.8, 4) is 5.75 Å². The van der Waals surface area contributed by atoms with Crippen LogP contribution in [0.5, 0.6) is 5.75 Å². The molecule has 1 aliphatic heterocycles. The quantitative estimate of drug-likeness (QED) is 0.714. The van der Waals surface area contributed by atoms with E-state index < -0.39 is 6.10 Å². The van der Waals surface area contributed by atoms with Crippen molar-refractivity contribution in [2.75, 3.05) is 26.2 Å². The van der Waals surface area contributed by atoms with Crippen LogP contribution in [0, 0.1) is 0 Å². The van der Waals surface area contributed by atoms with Crippen LogP contribution in [-0.2, 0) is 4.79 Å². The smallest absolute Gasteiger partial charge is 0.276 e. The van der Waals surface area contributed by atoms with Crippen LogP contribution in [0.1, 0.15) is 50.1 Å². The number of likely N-dealkylation sites (tertiary alicyclic amines) is 1. The van der Waals surface area contributed by atoms with Crippen LogP contribution < -0.4 is 4.74 Å². The maximum atomic E-state index is 12.7. The predicted molar refractivity (Wildman–Crippen MR) is 109 cm³/mol. The lowest BCUT2D eigenvalue weighted by atomic mass is 10.0. The van der Waals surface area contributed by atoms with Crippen LogP contribution in [0.15, 0.2) is 36.5 Å². The van der Waals surface area contributed by atoms with Crippen molar-refractivity contribution in [1.82, 2.24) is 24.8 Å². The Morgan fingerprint density at radius 2 is 1.83 bits per heavy atom. The van der Waals surface area contributed by atoms with Gasteiger partial charge in [-0.1, -0.05) is 23.4 Å². The van der Waals surface area contributed by atoms with Crippen LogP contribution >= 0.6 is 0 Å². The molecule has 0 saturated carbocycles. The van der Waals surface area contributed by atoms with Gasteiger partial charge in [-0.15, -0.1) is 5.10 Å². The van der Waals surface area contributed by atoms with Crippen LogP contribution in [0.4, 0.5) is 0 Å². The number of piperidine rings is 1. The van der Waals surface area contributed by atoms with Gasteiger partial charge in [0.15, 0.2) is 11.8 Å². The van der Waals surface area contributed by atoms with Gasteiger partial charge in [-0.2, -0.15) is 0 Å². The summed E-state index contributed by atoms with van der Waals surface area (Å²) in [6.07, 6.45) is 2.74. The maximum Gasteiger partial charge on any atom is 0.276 e. The number of hydrogen-bond donors (Lipinski definition) is 0. The lowest BCUT2D eigenvalue weighted by molar-refractivity contribution is -0.139. The summed E-state index contributed by atoms with van der Waals surface area (Å²) in [5.41, 5.74) is 0.372. The first-order chi connectivity index (χ1) is 14.0. The molecule has 0 spiro atoms. The molecular formula is C21H29N5O3. The Balaban J connectivity index is 1.54. The Labute approximate surface area is 171 Å². The lowest BCUT2D eigenvalue weighted by Crippen LogP contribution is -2.45. The molecule has 1 aliphatic rings. The summed E-state index contributed by atoms with van der Waals surface area (Å²) in [4.78, 5) is 28.7. The Hall–Kier alpha value is -2.90. The van der Waals surface area contributed by atoms with Crippen molar-refractivity contribution in [3.63, 3.8) is 0 Å². The number of ether oxygens (including phenoxy) is 1. The minimum Gasteiger partial charge on any atom is -0.481 e. The van der Waals surface area contributed by atoms with Crippen molar-refractivity contribution in [2.24, 2.45) is 0 Å². The van der Waals surface area contributed by atoms with Crippen LogP contribution in [0.2, 0.25) is 0 Å². The Morgan fingerprint density at radius 3 is 2.45 bits per heavy atom. The second-order valence-corrected chi connectivity index (χ2v) is 7.19. The molecule has 1 aromatic heterocycles. The summed E-state index contributed by atoms with van der Waals surface area (Å²) < 4.78 is 7.52. The first kappa shape index (κ1) is 20.8. The van der Waals surface area contributed by atoms with Gasteiger partial charge in [0.2, 0.25) is 0 Å². The van der Waals surface area contributed by atoms with Gasteiger partial charge >= 0.3 is 0 Å². The van der Waals surface area contributed by atoms with Gasteiger partial charge < -0.3 is 14.5 Å². The molecule has 2 aromatic rings. The number of hydrogen-bond acceptors (Lipinski definition) is 5. The summed E-state index contributed by atoms with van der Waals surface area (Å²) in [5.74, 6) is 0.584. The molecule has 0 bridgehead atoms. The van der Waals surface area contributed by atoms with E-state index in [-0.39, 0.29) is 17.9 Å². The summed E-state index contributed by atoms with van der Waals surface area (Å²) in [6, 6.07) is 9.51. The largest absolute Gasteiger partial charge is 0.481 e. The molecule has 1 saturated heterocycles. The van der Waals surface area contributed by atoms with E-state index in [1.165, 1.54) is 0 Å². The highest BCUT2D eigenvalue weighted by atomic mass is 16.5. The van der Waals surface area contributed by atoms with Gasteiger partial charge in [-0.25, -0.2) is 4.68 Å². The van der Waals surface area contributed by atoms with Crippen molar-refractivity contribution in [3.05, 3.63) is 42.2 Å². The van der Waals surface area contributed by atoms with Gasteiger partial charge in [-0.05, 0) is 45.7 Å². The van der Waals surface area contributed by atoms with E-state index in [0.717, 1.165) is 12.8 Å². The molecule has 156 valence electrons. The zero-order valence-electron chi connectivity index (χ0n) is 17.3. The molecule has 1 unspecified atom stereocenters. The fraction of sp³-hybridized carbons (Fsp3) is 0.524. The van der Waals surface area contributed by atoms with Gasteiger partial charge in [-0.3, -0.25) is 9.59 Å². The highest BCUT2D eigenvalue weighted by Gasteiger charge is 2.29. The van der Waals surface area contributed by atoms with Crippen molar-refractivity contribution < 1.29 is 14.3 Å². The summed E-state index contributed by atoms with van der Waals surface area (Å²) >= 11 is 0. The van der Waals surface area contributed by atoms with Crippen molar-refractivity contribution in [2.45, 2.75) is 45.8 Å². The Morgan fingerprint density at radius 1 is 1.17 bits per heavy atom. The van der Waals surface area contributed by atoms with Gasteiger partial charge in [0.05, 0.1) is 12.2 Å². The summed E-state index contributed by atoms with van der Waals surface area (Å²) in [7, 11) is 0. The standard InChI is InChI=1S/C21H29N5O3/c1-4-24(5-2)21(28)19-15-26(23-22-19)17-11-13-25(14-12-17)20(27)16(3)29-18-9-7-6-8-10-18/h6-10,15-17H,4-5,11-14H2,1-3H3. The average Bonchev–Trinajstić information content (AvgIpc) is 3.25. The normalized spacial score (nSPS) is 15.8. The highest BCUT2D eigenvalue weighted by molar-refractivity contribution is 5.91. The van der Waals surface area contributed by atoms with Crippen molar-refractivity contribution >= 4 is 11.8 Å². The summed E-state index contributed by atoms with van der Waals surface area (Å²) in [5, 5.41) is 8.22. The monoisotopic (exact) mass is 399 g/mol. The molecule has 1 atom stereocenters. The molecule has 0 N–H and O–H groups in total. The number of carbonyl (C=O) groups excluding carboxylic acids is 2. The molecule has 0 aliphatic carbocycles. The molecule has 2 amide bonds. The molecule has 1 fully saturated rings. The van der Waals surface area contributed by atoms with E-state index >= 15 is 0 Å². The molecule has 8 heteroatoms.